The van der Waals surface area contributed by atoms with Gasteiger partial charge in [-0.1, -0.05) is 42.5 Å². The smallest absolute Gasteiger partial charge is 0.255 e. The molecule has 1 saturated heterocycles. The van der Waals surface area contributed by atoms with E-state index in [1.807, 2.05) is 29.1 Å². The van der Waals surface area contributed by atoms with Gasteiger partial charge in [0.15, 0.2) is 0 Å². The van der Waals surface area contributed by atoms with Crippen molar-refractivity contribution in [3.8, 4) is 11.3 Å². The van der Waals surface area contributed by atoms with Crippen LogP contribution in [0.25, 0.3) is 11.3 Å². The Kier molecular flexibility index (Phi) is 7.29. The monoisotopic (exact) mass is 424 g/mol. The highest BCUT2D eigenvalue weighted by atomic mass is 35.5. The maximum absolute atomic E-state index is 13.1. The molecule has 5 nitrogen and oxygen atoms in total. The molecule has 6 heteroatoms. The third kappa shape index (κ3) is 5.10. The summed E-state index contributed by atoms with van der Waals surface area (Å²) in [6, 6.07) is 16.7. The summed E-state index contributed by atoms with van der Waals surface area (Å²) >= 11 is 0. The average Bonchev–Trinajstić information content (AvgIpc) is 3.15. The van der Waals surface area contributed by atoms with E-state index in [1.54, 1.807) is 0 Å². The lowest BCUT2D eigenvalue weighted by Gasteiger charge is -2.23. The van der Waals surface area contributed by atoms with Crippen LogP contribution in [-0.4, -0.2) is 34.8 Å². The fraction of sp³-hybridized carbons (Fsp3) is 0.333. The van der Waals surface area contributed by atoms with Gasteiger partial charge in [-0.3, -0.25) is 9.48 Å². The summed E-state index contributed by atoms with van der Waals surface area (Å²) in [6.07, 6.45) is 3.81. The number of carbonyl (C=O) groups is 1. The zero-order chi connectivity index (χ0) is 20.2. The van der Waals surface area contributed by atoms with Crippen LogP contribution in [0.2, 0.25) is 0 Å². The third-order valence-corrected chi connectivity index (χ3v) is 5.65. The number of hydrogen-bond donors (Lipinski definition) is 2. The summed E-state index contributed by atoms with van der Waals surface area (Å²) in [5, 5.41) is 11.4. The minimum absolute atomic E-state index is 0. The molecule has 0 spiro atoms. The Balaban J connectivity index is 0.00000256. The van der Waals surface area contributed by atoms with Crippen molar-refractivity contribution in [1.82, 2.24) is 20.4 Å². The van der Waals surface area contributed by atoms with E-state index in [-0.39, 0.29) is 24.4 Å². The van der Waals surface area contributed by atoms with Crippen LogP contribution in [-0.2, 0) is 6.54 Å². The van der Waals surface area contributed by atoms with Gasteiger partial charge >= 0.3 is 0 Å². The highest BCUT2D eigenvalue weighted by molar-refractivity contribution is 6.00. The van der Waals surface area contributed by atoms with E-state index >= 15 is 0 Å². The van der Waals surface area contributed by atoms with Gasteiger partial charge in [-0.25, -0.2) is 0 Å². The first kappa shape index (κ1) is 22.1. The van der Waals surface area contributed by atoms with Crippen LogP contribution >= 0.6 is 12.4 Å². The highest BCUT2D eigenvalue weighted by Crippen LogP contribution is 2.25. The van der Waals surface area contributed by atoms with E-state index < -0.39 is 0 Å². The second kappa shape index (κ2) is 9.92. The number of piperidine rings is 1. The molecular weight excluding hydrogens is 396 g/mol. The number of hydrogen-bond acceptors (Lipinski definition) is 3. The molecule has 2 aromatic carbocycles. The molecule has 4 rings (SSSR count). The van der Waals surface area contributed by atoms with Gasteiger partial charge < -0.3 is 10.6 Å². The van der Waals surface area contributed by atoms with Gasteiger partial charge in [-0.05, 0) is 62.5 Å². The van der Waals surface area contributed by atoms with Crippen molar-refractivity contribution >= 4 is 18.3 Å². The van der Waals surface area contributed by atoms with E-state index in [1.165, 1.54) is 11.1 Å². The minimum Gasteiger partial charge on any atom is -0.349 e. The molecule has 2 N–H and O–H groups in total. The standard InChI is InChI=1S/C24H28N4O.ClH/c1-17-8-9-20(14-18(17)2)23-22(24(29)26-21-10-12-25-13-11-21)16-28(27-23)15-19-6-4-3-5-7-19;/h3-9,14,16,21,25H,10-13,15H2,1-2H3,(H,26,29);1H. The van der Waals surface area contributed by atoms with Gasteiger partial charge in [-0.15, -0.1) is 12.4 Å². The Morgan fingerprint density at radius 1 is 1.10 bits per heavy atom. The second-order valence-corrected chi connectivity index (χ2v) is 7.87. The quantitative estimate of drug-likeness (QED) is 0.647. The maximum Gasteiger partial charge on any atom is 0.255 e. The van der Waals surface area contributed by atoms with E-state index in [0.29, 0.717) is 12.1 Å². The first-order valence-corrected chi connectivity index (χ1v) is 10.3. The van der Waals surface area contributed by atoms with Crippen molar-refractivity contribution in [2.24, 2.45) is 0 Å². The van der Waals surface area contributed by atoms with Crippen molar-refractivity contribution in [3.05, 3.63) is 77.0 Å². The summed E-state index contributed by atoms with van der Waals surface area (Å²) in [4.78, 5) is 13.1. The fourth-order valence-electron chi connectivity index (χ4n) is 3.77. The normalized spacial score (nSPS) is 14.2. The molecular formula is C24H29ClN4O. The van der Waals surface area contributed by atoms with Crippen molar-refractivity contribution in [2.45, 2.75) is 39.3 Å². The molecule has 3 aromatic rings. The third-order valence-electron chi connectivity index (χ3n) is 5.65. The number of benzene rings is 2. The van der Waals surface area contributed by atoms with Gasteiger partial charge in [0.05, 0.1) is 12.1 Å². The van der Waals surface area contributed by atoms with Gasteiger partial charge in [0.2, 0.25) is 0 Å². The largest absolute Gasteiger partial charge is 0.349 e. The number of amides is 1. The first-order chi connectivity index (χ1) is 14.1. The zero-order valence-electron chi connectivity index (χ0n) is 17.5. The van der Waals surface area contributed by atoms with Crippen molar-refractivity contribution < 1.29 is 4.79 Å². The Hall–Kier alpha value is -2.63. The first-order valence-electron chi connectivity index (χ1n) is 10.3. The highest BCUT2D eigenvalue weighted by Gasteiger charge is 2.22. The van der Waals surface area contributed by atoms with E-state index in [2.05, 4.69) is 54.8 Å². The average molecular weight is 425 g/mol. The topological polar surface area (TPSA) is 59.0 Å². The maximum atomic E-state index is 13.1. The molecule has 0 saturated carbocycles. The van der Waals surface area contributed by atoms with Crippen LogP contribution in [0.5, 0.6) is 0 Å². The summed E-state index contributed by atoms with van der Waals surface area (Å²) in [6.45, 7) is 6.72. The Morgan fingerprint density at radius 2 is 1.83 bits per heavy atom. The van der Waals surface area contributed by atoms with E-state index in [4.69, 9.17) is 5.10 Å². The number of aromatic nitrogens is 2. The summed E-state index contributed by atoms with van der Waals surface area (Å²) in [5.74, 6) is -0.0376. The molecule has 0 radical (unpaired) electrons. The second-order valence-electron chi connectivity index (χ2n) is 7.87. The molecule has 158 valence electrons. The fourth-order valence-corrected chi connectivity index (χ4v) is 3.77. The molecule has 2 heterocycles. The van der Waals surface area contributed by atoms with Crippen molar-refractivity contribution in [2.75, 3.05) is 13.1 Å². The lowest BCUT2D eigenvalue weighted by molar-refractivity contribution is 0.0930. The minimum atomic E-state index is -0.0376. The molecule has 1 aliphatic heterocycles. The molecule has 0 atom stereocenters. The number of rotatable bonds is 5. The Bertz CT molecular complexity index is 994. The van der Waals surface area contributed by atoms with Crippen LogP contribution in [0.4, 0.5) is 0 Å². The van der Waals surface area contributed by atoms with Crippen LogP contribution in [0.1, 0.15) is 39.9 Å². The Morgan fingerprint density at radius 3 is 2.53 bits per heavy atom. The lowest BCUT2D eigenvalue weighted by atomic mass is 10.0. The SMILES string of the molecule is Cc1ccc(-c2nn(Cc3ccccc3)cc2C(=O)NC2CCNCC2)cc1C.Cl. The van der Waals surface area contributed by atoms with Gasteiger partial charge in [0.1, 0.15) is 5.69 Å². The van der Waals surface area contributed by atoms with Crippen LogP contribution in [0.3, 0.4) is 0 Å². The molecule has 0 aliphatic carbocycles. The molecule has 1 aliphatic rings. The number of nitrogens with one attached hydrogen (secondary N) is 2. The van der Waals surface area contributed by atoms with Gasteiger partial charge in [-0.2, -0.15) is 5.10 Å². The van der Waals surface area contributed by atoms with E-state index in [0.717, 1.165) is 42.8 Å². The number of aryl methyl sites for hydroxylation is 2. The lowest BCUT2D eigenvalue weighted by Crippen LogP contribution is -2.42. The van der Waals surface area contributed by atoms with E-state index in [9.17, 15) is 4.79 Å². The molecule has 30 heavy (non-hydrogen) atoms. The summed E-state index contributed by atoms with van der Waals surface area (Å²) < 4.78 is 1.87. The summed E-state index contributed by atoms with van der Waals surface area (Å²) in [5.41, 5.74) is 5.96. The molecule has 0 unspecified atom stereocenters. The summed E-state index contributed by atoms with van der Waals surface area (Å²) in [7, 11) is 0. The van der Waals surface area contributed by atoms with Crippen molar-refractivity contribution in [3.63, 3.8) is 0 Å². The van der Waals surface area contributed by atoms with Gasteiger partial charge in [0.25, 0.3) is 5.91 Å². The van der Waals surface area contributed by atoms with Crippen molar-refractivity contribution in [1.29, 1.82) is 0 Å². The molecule has 1 aromatic heterocycles. The van der Waals surface area contributed by atoms with Crippen LogP contribution < -0.4 is 10.6 Å². The number of carbonyl (C=O) groups excluding carboxylic acids is 1. The Labute approximate surface area is 184 Å². The van der Waals surface area contributed by atoms with Gasteiger partial charge in [0, 0.05) is 17.8 Å². The predicted molar refractivity (Wildman–Crippen MR) is 123 cm³/mol. The number of halogens is 1. The molecule has 1 fully saturated rings. The molecule has 1 amide bonds. The molecule has 0 bridgehead atoms. The van der Waals surface area contributed by atoms with Crippen LogP contribution in [0, 0.1) is 13.8 Å². The number of nitrogens with zero attached hydrogens (tertiary/aromatic N) is 2. The zero-order valence-corrected chi connectivity index (χ0v) is 18.3. The van der Waals surface area contributed by atoms with Crippen LogP contribution in [0.15, 0.2) is 54.7 Å². The predicted octanol–water partition coefficient (Wildman–Crippen LogP) is 4.12.